The van der Waals surface area contributed by atoms with Gasteiger partial charge < -0.3 is 5.73 Å². The lowest BCUT2D eigenvalue weighted by molar-refractivity contribution is 0.580. The molecule has 12 heavy (non-hydrogen) atoms. The van der Waals surface area contributed by atoms with Crippen molar-refractivity contribution in [1.82, 2.24) is 4.72 Å². The van der Waals surface area contributed by atoms with Gasteiger partial charge in [0.15, 0.2) is 0 Å². The fourth-order valence-electron chi connectivity index (χ4n) is 0.999. The summed E-state index contributed by atoms with van der Waals surface area (Å²) in [6, 6.07) is 0. The van der Waals surface area contributed by atoms with E-state index in [9.17, 15) is 8.42 Å². The first kappa shape index (κ1) is 9.28. The maximum atomic E-state index is 11.2. The van der Waals surface area contributed by atoms with Crippen molar-refractivity contribution in [1.29, 1.82) is 0 Å². The monoisotopic (exact) mass is 188 g/mol. The molecule has 0 saturated heterocycles. The van der Waals surface area contributed by atoms with Crippen LogP contribution >= 0.6 is 0 Å². The second-order valence-corrected chi connectivity index (χ2v) is 4.69. The average Bonchev–Trinajstić information content (AvgIpc) is 2.05. The highest BCUT2D eigenvalue weighted by molar-refractivity contribution is 7.90. The van der Waals surface area contributed by atoms with Gasteiger partial charge in [-0.15, -0.1) is 0 Å². The van der Waals surface area contributed by atoms with Gasteiger partial charge in [0, 0.05) is 5.70 Å². The van der Waals surface area contributed by atoms with Crippen LogP contribution in [0.1, 0.15) is 6.42 Å². The molecule has 68 valence electrons. The van der Waals surface area contributed by atoms with Crippen molar-refractivity contribution < 1.29 is 8.42 Å². The van der Waals surface area contributed by atoms with Gasteiger partial charge in [-0.25, -0.2) is 13.1 Å². The van der Waals surface area contributed by atoms with Crippen molar-refractivity contribution in [2.75, 3.05) is 7.05 Å². The molecule has 1 rings (SSSR count). The molecule has 0 aromatic rings. The Morgan fingerprint density at radius 1 is 1.67 bits per heavy atom. The minimum absolute atomic E-state index is 0.450. The van der Waals surface area contributed by atoms with Crippen LogP contribution in [0.15, 0.2) is 23.9 Å². The van der Waals surface area contributed by atoms with Gasteiger partial charge >= 0.3 is 0 Å². The van der Waals surface area contributed by atoms with E-state index in [0.717, 1.165) is 0 Å². The smallest absolute Gasteiger partial charge is 0.218 e. The fourth-order valence-corrected chi connectivity index (χ4v) is 1.94. The second-order valence-electron chi connectivity index (χ2n) is 2.59. The van der Waals surface area contributed by atoms with E-state index in [4.69, 9.17) is 5.73 Å². The van der Waals surface area contributed by atoms with E-state index in [1.807, 2.05) is 0 Å². The number of rotatable bonds is 2. The molecule has 3 N–H and O–H groups in total. The van der Waals surface area contributed by atoms with Crippen LogP contribution in [0.3, 0.4) is 0 Å². The largest absolute Gasteiger partial charge is 0.399 e. The maximum absolute atomic E-state index is 11.2. The van der Waals surface area contributed by atoms with E-state index < -0.39 is 15.3 Å². The number of hydrogen-bond acceptors (Lipinski definition) is 3. The van der Waals surface area contributed by atoms with Crippen molar-refractivity contribution >= 4 is 10.0 Å². The molecule has 0 heterocycles. The van der Waals surface area contributed by atoms with E-state index in [2.05, 4.69) is 4.72 Å². The zero-order valence-corrected chi connectivity index (χ0v) is 7.64. The summed E-state index contributed by atoms with van der Waals surface area (Å²) in [5.74, 6) is 0. The number of sulfonamides is 1. The topological polar surface area (TPSA) is 72.2 Å². The molecule has 4 nitrogen and oxygen atoms in total. The van der Waals surface area contributed by atoms with Crippen molar-refractivity contribution in [2.24, 2.45) is 5.73 Å². The van der Waals surface area contributed by atoms with Crippen LogP contribution in [0.5, 0.6) is 0 Å². The van der Waals surface area contributed by atoms with Crippen molar-refractivity contribution in [3.8, 4) is 0 Å². The molecule has 0 fully saturated rings. The lowest BCUT2D eigenvalue weighted by Crippen LogP contribution is -2.31. The number of nitrogens with two attached hydrogens (primary N) is 1. The van der Waals surface area contributed by atoms with Crippen LogP contribution in [0, 0.1) is 0 Å². The minimum atomic E-state index is -3.18. The average molecular weight is 188 g/mol. The number of allylic oxidation sites excluding steroid dienone is 2. The lowest BCUT2D eigenvalue weighted by Gasteiger charge is -2.14. The maximum Gasteiger partial charge on any atom is 0.218 e. The predicted octanol–water partition coefficient (Wildman–Crippen LogP) is -0.293. The Morgan fingerprint density at radius 2 is 2.33 bits per heavy atom. The highest BCUT2D eigenvalue weighted by atomic mass is 32.2. The summed E-state index contributed by atoms with van der Waals surface area (Å²) < 4.78 is 24.7. The van der Waals surface area contributed by atoms with Gasteiger partial charge in [0.05, 0.1) is 5.25 Å². The van der Waals surface area contributed by atoms with Gasteiger partial charge in [-0.05, 0) is 19.5 Å². The quantitative estimate of drug-likeness (QED) is 0.625. The summed E-state index contributed by atoms with van der Waals surface area (Å²) in [5.41, 5.74) is 6.06. The molecule has 1 atom stereocenters. The summed E-state index contributed by atoms with van der Waals surface area (Å²) in [4.78, 5) is 0. The molecule has 0 bridgehead atoms. The third kappa shape index (κ3) is 1.86. The summed E-state index contributed by atoms with van der Waals surface area (Å²) in [6.07, 6.45) is 5.37. The zero-order valence-electron chi connectivity index (χ0n) is 6.82. The highest BCUT2D eigenvalue weighted by Gasteiger charge is 2.21. The Hall–Kier alpha value is -0.810. The second kappa shape index (κ2) is 3.28. The molecule has 0 amide bonds. The standard InChI is InChI=1S/C7H12N2O2S/c1-9-12(10,11)7-4-2-6(8)3-5-7/h2-4,7,9H,5,8H2,1H3. The van der Waals surface area contributed by atoms with Crippen LogP contribution in [-0.2, 0) is 10.0 Å². The first-order valence-electron chi connectivity index (χ1n) is 3.62. The molecular weight excluding hydrogens is 176 g/mol. The molecule has 5 heteroatoms. The molecule has 0 saturated carbocycles. The Balaban J connectivity index is 2.78. The number of nitrogens with one attached hydrogen (secondary N) is 1. The first-order valence-corrected chi connectivity index (χ1v) is 5.17. The molecule has 0 aliphatic heterocycles. The van der Waals surface area contributed by atoms with Gasteiger partial charge in [0.2, 0.25) is 10.0 Å². The van der Waals surface area contributed by atoms with Crippen LogP contribution in [-0.4, -0.2) is 20.7 Å². The van der Waals surface area contributed by atoms with Crippen molar-refractivity contribution in [3.05, 3.63) is 23.9 Å². The zero-order chi connectivity index (χ0) is 9.19. The molecule has 0 aromatic heterocycles. The van der Waals surface area contributed by atoms with Crippen molar-refractivity contribution in [3.63, 3.8) is 0 Å². The molecule has 0 radical (unpaired) electrons. The number of hydrogen-bond donors (Lipinski definition) is 2. The summed E-state index contributed by atoms with van der Waals surface area (Å²) >= 11 is 0. The Morgan fingerprint density at radius 3 is 2.75 bits per heavy atom. The molecule has 0 aromatic carbocycles. The predicted molar refractivity (Wildman–Crippen MR) is 47.8 cm³/mol. The van der Waals surface area contributed by atoms with Crippen LogP contribution in [0.25, 0.3) is 0 Å². The van der Waals surface area contributed by atoms with E-state index in [1.165, 1.54) is 7.05 Å². The van der Waals surface area contributed by atoms with E-state index >= 15 is 0 Å². The molecule has 1 aliphatic carbocycles. The van der Waals surface area contributed by atoms with Crippen molar-refractivity contribution in [2.45, 2.75) is 11.7 Å². The van der Waals surface area contributed by atoms with E-state index in [0.29, 0.717) is 12.1 Å². The molecule has 0 spiro atoms. The highest BCUT2D eigenvalue weighted by Crippen LogP contribution is 2.13. The fraction of sp³-hybridized carbons (Fsp3) is 0.429. The normalized spacial score (nSPS) is 23.8. The molecular formula is C7H12N2O2S. The first-order chi connectivity index (χ1) is 5.56. The van der Waals surface area contributed by atoms with Gasteiger partial charge in [-0.2, -0.15) is 0 Å². The van der Waals surface area contributed by atoms with Crippen LogP contribution < -0.4 is 10.5 Å². The Kier molecular flexibility index (Phi) is 2.54. The third-order valence-corrected chi connectivity index (χ3v) is 3.49. The Bertz CT molecular complexity index is 316. The molecule has 1 aliphatic rings. The summed E-state index contributed by atoms with van der Waals surface area (Å²) in [6.45, 7) is 0. The lowest BCUT2D eigenvalue weighted by atomic mass is 10.1. The van der Waals surface area contributed by atoms with E-state index in [1.54, 1.807) is 18.2 Å². The minimum Gasteiger partial charge on any atom is -0.399 e. The van der Waals surface area contributed by atoms with Gasteiger partial charge in [-0.1, -0.05) is 12.2 Å². The Labute approximate surface area is 72.2 Å². The van der Waals surface area contributed by atoms with Crippen LogP contribution in [0.4, 0.5) is 0 Å². The third-order valence-electron chi connectivity index (χ3n) is 1.77. The summed E-state index contributed by atoms with van der Waals surface area (Å²) in [7, 11) is -1.77. The SMILES string of the molecule is CNS(=O)(=O)C1C=CC(N)=CC1. The summed E-state index contributed by atoms with van der Waals surface area (Å²) in [5, 5.41) is -0.477. The molecule has 1 unspecified atom stereocenters. The van der Waals surface area contributed by atoms with E-state index in [-0.39, 0.29) is 0 Å². The van der Waals surface area contributed by atoms with Crippen LogP contribution in [0.2, 0.25) is 0 Å². The van der Waals surface area contributed by atoms with Gasteiger partial charge in [0.25, 0.3) is 0 Å². The van der Waals surface area contributed by atoms with Gasteiger partial charge in [-0.3, -0.25) is 0 Å². The van der Waals surface area contributed by atoms with Gasteiger partial charge in [0.1, 0.15) is 0 Å².